The first kappa shape index (κ1) is 20.9. The SMILES string of the molecule is COc1ccccc1Cc1nnc(NC(=O)CCNS(=O)(=O)c2ccccc2)s1. The fourth-order valence-electron chi connectivity index (χ4n) is 2.55. The number of ether oxygens (including phenoxy) is 1. The maximum atomic E-state index is 12.1. The average Bonchev–Trinajstić information content (AvgIpc) is 3.15. The minimum Gasteiger partial charge on any atom is -0.496 e. The van der Waals surface area contributed by atoms with Gasteiger partial charge in [0, 0.05) is 24.9 Å². The van der Waals surface area contributed by atoms with Crippen LogP contribution in [0.1, 0.15) is 17.0 Å². The Bertz CT molecular complexity index is 1070. The molecule has 0 aliphatic carbocycles. The first-order valence-electron chi connectivity index (χ1n) is 8.77. The summed E-state index contributed by atoms with van der Waals surface area (Å²) >= 11 is 1.26. The van der Waals surface area contributed by atoms with Gasteiger partial charge in [0.1, 0.15) is 10.8 Å². The number of nitrogens with one attached hydrogen (secondary N) is 2. The van der Waals surface area contributed by atoms with E-state index in [1.54, 1.807) is 25.3 Å². The first-order chi connectivity index (χ1) is 14.0. The number of para-hydroxylation sites is 1. The van der Waals surface area contributed by atoms with Crippen LogP contribution in [0, 0.1) is 0 Å². The molecule has 0 fully saturated rings. The van der Waals surface area contributed by atoms with Gasteiger partial charge in [0.05, 0.1) is 12.0 Å². The van der Waals surface area contributed by atoms with Crippen LogP contribution in [0.5, 0.6) is 5.75 Å². The topological polar surface area (TPSA) is 110 Å². The number of nitrogens with zero attached hydrogens (tertiary/aromatic N) is 2. The third-order valence-corrected chi connectivity index (χ3v) is 6.26. The van der Waals surface area contributed by atoms with Crippen molar-refractivity contribution in [2.24, 2.45) is 0 Å². The highest BCUT2D eigenvalue weighted by atomic mass is 32.2. The average molecular weight is 433 g/mol. The molecule has 29 heavy (non-hydrogen) atoms. The fraction of sp³-hybridized carbons (Fsp3) is 0.211. The Morgan fingerprint density at radius 2 is 1.79 bits per heavy atom. The molecular weight excluding hydrogens is 412 g/mol. The number of aromatic nitrogens is 2. The minimum atomic E-state index is -3.63. The third-order valence-electron chi connectivity index (χ3n) is 3.95. The lowest BCUT2D eigenvalue weighted by atomic mass is 10.1. The fourth-order valence-corrected chi connectivity index (χ4v) is 4.38. The molecule has 1 heterocycles. The predicted molar refractivity (Wildman–Crippen MR) is 111 cm³/mol. The minimum absolute atomic E-state index is 0.0179. The van der Waals surface area contributed by atoms with Crippen LogP contribution in [0.15, 0.2) is 59.5 Å². The zero-order valence-corrected chi connectivity index (χ0v) is 17.3. The summed E-state index contributed by atoms with van der Waals surface area (Å²) in [7, 11) is -2.03. The highest BCUT2D eigenvalue weighted by molar-refractivity contribution is 7.89. The van der Waals surface area contributed by atoms with E-state index in [-0.39, 0.29) is 23.8 Å². The van der Waals surface area contributed by atoms with Gasteiger partial charge in [0.15, 0.2) is 0 Å². The first-order valence-corrected chi connectivity index (χ1v) is 11.1. The molecule has 1 amide bonds. The van der Waals surface area contributed by atoms with Gasteiger partial charge in [0.25, 0.3) is 0 Å². The van der Waals surface area contributed by atoms with Crippen molar-refractivity contribution in [3.63, 3.8) is 0 Å². The number of rotatable bonds is 9. The molecule has 0 atom stereocenters. The Labute approximate surface area is 173 Å². The largest absolute Gasteiger partial charge is 0.496 e. The number of carbonyl (C=O) groups is 1. The molecule has 152 valence electrons. The zero-order valence-electron chi connectivity index (χ0n) is 15.7. The highest BCUT2D eigenvalue weighted by Gasteiger charge is 2.14. The molecule has 8 nitrogen and oxygen atoms in total. The van der Waals surface area contributed by atoms with E-state index < -0.39 is 10.0 Å². The van der Waals surface area contributed by atoms with Crippen molar-refractivity contribution in [1.82, 2.24) is 14.9 Å². The molecule has 0 saturated carbocycles. The Morgan fingerprint density at radius 3 is 2.55 bits per heavy atom. The molecule has 3 rings (SSSR count). The second-order valence-corrected chi connectivity index (χ2v) is 8.83. The lowest BCUT2D eigenvalue weighted by Crippen LogP contribution is -2.27. The van der Waals surface area contributed by atoms with Crippen molar-refractivity contribution in [3.8, 4) is 5.75 Å². The number of hydrogen-bond donors (Lipinski definition) is 2. The van der Waals surface area contributed by atoms with Crippen molar-refractivity contribution >= 4 is 32.4 Å². The van der Waals surface area contributed by atoms with E-state index in [4.69, 9.17) is 4.74 Å². The van der Waals surface area contributed by atoms with Crippen LogP contribution >= 0.6 is 11.3 Å². The summed E-state index contributed by atoms with van der Waals surface area (Å²) in [4.78, 5) is 12.2. The van der Waals surface area contributed by atoms with Crippen molar-refractivity contribution in [3.05, 3.63) is 65.2 Å². The maximum absolute atomic E-state index is 12.1. The molecular formula is C19H20N4O4S2. The monoisotopic (exact) mass is 432 g/mol. The number of sulfonamides is 1. The molecule has 3 aromatic rings. The number of carbonyl (C=O) groups excluding carboxylic acids is 1. The van der Waals surface area contributed by atoms with Crippen LogP contribution < -0.4 is 14.8 Å². The Morgan fingerprint density at radius 1 is 1.07 bits per heavy atom. The molecule has 0 aliphatic heterocycles. The van der Waals surface area contributed by atoms with Crippen LogP contribution in [-0.4, -0.2) is 38.2 Å². The summed E-state index contributed by atoms with van der Waals surface area (Å²) < 4.78 is 32.0. The van der Waals surface area contributed by atoms with Crippen molar-refractivity contribution in [2.45, 2.75) is 17.7 Å². The smallest absolute Gasteiger partial charge is 0.240 e. The van der Waals surface area contributed by atoms with Gasteiger partial charge in [0.2, 0.25) is 21.1 Å². The summed E-state index contributed by atoms with van der Waals surface area (Å²) in [6.45, 7) is -0.0179. The normalized spacial score (nSPS) is 11.2. The van der Waals surface area contributed by atoms with Gasteiger partial charge in [-0.25, -0.2) is 13.1 Å². The predicted octanol–water partition coefficient (Wildman–Crippen LogP) is 2.44. The molecule has 1 aromatic heterocycles. The van der Waals surface area contributed by atoms with Gasteiger partial charge < -0.3 is 10.1 Å². The molecule has 0 bridgehead atoms. The van der Waals surface area contributed by atoms with E-state index in [2.05, 4.69) is 20.2 Å². The number of anilines is 1. The second kappa shape index (κ2) is 9.59. The van der Waals surface area contributed by atoms with Crippen LogP contribution in [-0.2, 0) is 21.2 Å². The van der Waals surface area contributed by atoms with Gasteiger partial charge in [-0.1, -0.05) is 47.7 Å². The number of amides is 1. The van der Waals surface area contributed by atoms with Gasteiger partial charge in [-0.2, -0.15) is 0 Å². The summed E-state index contributed by atoms with van der Waals surface area (Å²) in [6.07, 6.45) is 0.516. The van der Waals surface area contributed by atoms with Gasteiger partial charge in [-0.05, 0) is 18.2 Å². The van der Waals surface area contributed by atoms with Gasteiger partial charge >= 0.3 is 0 Å². The van der Waals surface area contributed by atoms with Gasteiger partial charge in [-0.3, -0.25) is 4.79 Å². The Hall–Kier alpha value is -2.82. The molecule has 2 N–H and O–H groups in total. The lowest BCUT2D eigenvalue weighted by molar-refractivity contribution is -0.116. The number of hydrogen-bond acceptors (Lipinski definition) is 7. The standard InChI is InChI=1S/C19H20N4O4S2/c1-27-16-10-6-5-7-14(16)13-18-22-23-19(28-18)21-17(24)11-12-20-29(25,26)15-8-3-2-4-9-15/h2-10,20H,11-13H2,1H3,(H,21,23,24). The number of methoxy groups -OCH3 is 1. The Kier molecular flexibility index (Phi) is 6.91. The molecule has 0 spiro atoms. The van der Waals surface area contributed by atoms with E-state index in [1.165, 1.54) is 23.5 Å². The molecule has 0 radical (unpaired) electrons. The van der Waals surface area contributed by atoms with Gasteiger partial charge in [-0.15, -0.1) is 10.2 Å². The van der Waals surface area contributed by atoms with Crippen molar-refractivity contribution in [2.75, 3.05) is 19.0 Å². The molecule has 0 aliphatic rings. The quantitative estimate of drug-likeness (QED) is 0.537. The highest BCUT2D eigenvalue weighted by Crippen LogP contribution is 2.24. The molecule has 0 saturated heterocycles. The van der Waals surface area contributed by atoms with Crippen molar-refractivity contribution < 1.29 is 17.9 Å². The lowest BCUT2D eigenvalue weighted by Gasteiger charge is -2.06. The summed E-state index contributed by atoms with van der Waals surface area (Å²) in [5.74, 6) is 0.416. The summed E-state index contributed by atoms with van der Waals surface area (Å²) in [6, 6.07) is 15.6. The van der Waals surface area contributed by atoms with E-state index >= 15 is 0 Å². The van der Waals surface area contributed by atoms with Crippen LogP contribution in [0.3, 0.4) is 0 Å². The number of benzene rings is 2. The van der Waals surface area contributed by atoms with E-state index in [0.29, 0.717) is 11.6 Å². The third kappa shape index (κ3) is 5.83. The summed E-state index contributed by atoms with van der Waals surface area (Å²) in [5.41, 5.74) is 0.972. The summed E-state index contributed by atoms with van der Waals surface area (Å²) in [5, 5.41) is 11.8. The molecule has 10 heteroatoms. The van der Waals surface area contributed by atoms with Crippen LogP contribution in [0.2, 0.25) is 0 Å². The molecule has 2 aromatic carbocycles. The van der Waals surface area contributed by atoms with E-state index in [1.807, 2.05) is 24.3 Å². The maximum Gasteiger partial charge on any atom is 0.240 e. The van der Waals surface area contributed by atoms with Crippen LogP contribution in [0.25, 0.3) is 0 Å². The molecule has 0 unspecified atom stereocenters. The zero-order chi connectivity index (χ0) is 20.7. The van der Waals surface area contributed by atoms with Crippen molar-refractivity contribution in [1.29, 1.82) is 0 Å². The Balaban J connectivity index is 1.50. The second-order valence-electron chi connectivity index (χ2n) is 6.00. The van der Waals surface area contributed by atoms with E-state index in [9.17, 15) is 13.2 Å². The van der Waals surface area contributed by atoms with E-state index in [0.717, 1.165) is 16.3 Å². The van der Waals surface area contributed by atoms with Crippen LogP contribution in [0.4, 0.5) is 5.13 Å².